The van der Waals surface area contributed by atoms with Crippen LogP contribution in [0.1, 0.15) is 34.3 Å². The van der Waals surface area contributed by atoms with Gasteiger partial charge in [0, 0.05) is 11.3 Å². The second-order valence-corrected chi connectivity index (χ2v) is 5.26. The van der Waals surface area contributed by atoms with Gasteiger partial charge in [-0.3, -0.25) is 9.59 Å². The number of hydrogen-bond acceptors (Lipinski definition) is 2. The van der Waals surface area contributed by atoms with Crippen molar-refractivity contribution in [3.8, 4) is 0 Å². The Hall–Kier alpha value is -2.62. The van der Waals surface area contributed by atoms with Crippen LogP contribution in [0, 0.1) is 0 Å². The third kappa shape index (κ3) is 2.29. The Morgan fingerprint density at radius 2 is 1.81 bits per heavy atom. The molecule has 2 amide bonds. The molecule has 1 unspecified atom stereocenters. The quantitative estimate of drug-likeness (QED) is 0.938. The summed E-state index contributed by atoms with van der Waals surface area (Å²) in [5, 5.41) is 0. The van der Waals surface area contributed by atoms with Crippen LogP contribution < -0.4 is 10.6 Å². The fraction of sp³-hybridized carbons (Fsp3) is 0.176. The Balaban J connectivity index is 1.87. The van der Waals surface area contributed by atoms with Crippen molar-refractivity contribution in [3.63, 3.8) is 0 Å². The zero-order valence-electron chi connectivity index (χ0n) is 11.7. The van der Waals surface area contributed by atoms with E-state index in [1.165, 1.54) is 0 Å². The van der Waals surface area contributed by atoms with E-state index in [9.17, 15) is 9.59 Å². The van der Waals surface area contributed by atoms with Crippen molar-refractivity contribution >= 4 is 17.5 Å². The molecule has 2 aromatic rings. The van der Waals surface area contributed by atoms with E-state index in [0.29, 0.717) is 6.54 Å². The van der Waals surface area contributed by atoms with Crippen LogP contribution in [0.2, 0.25) is 0 Å². The number of carbonyl (C=O) groups is 2. The number of carbonyl (C=O) groups excluding carboxylic acids is 2. The SMILES string of the molecule is CC(C(N)=O)c1ccc(N2Cc3ccccc3C2=O)cc1. The minimum absolute atomic E-state index is 0.0151. The summed E-state index contributed by atoms with van der Waals surface area (Å²) in [7, 11) is 0. The van der Waals surface area contributed by atoms with Gasteiger partial charge in [0.05, 0.1) is 12.5 Å². The predicted molar refractivity (Wildman–Crippen MR) is 81.0 cm³/mol. The molecule has 0 saturated heterocycles. The maximum atomic E-state index is 12.4. The first-order valence-electron chi connectivity index (χ1n) is 6.87. The highest BCUT2D eigenvalue weighted by Gasteiger charge is 2.27. The normalized spacial score (nSPS) is 14.9. The molecule has 0 aliphatic carbocycles. The maximum Gasteiger partial charge on any atom is 0.258 e. The summed E-state index contributed by atoms with van der Waals surface area (Å²) in [6.45, 7) is 2.36. The first kappa shape index (κ1) is 13.4. The van der Waals surface area contributed by atoms with Gasteiger partial charge < -0.3 is 10.6 Å². The molecule has 106 valence electrons. The standard InChI is InChI=1S/C17H16N2O2/c1-11(16(18)20)12-6-8-14(9-7-12)19-10-13-4-2-3-5-15(13)17(19)21/h2-9,11H,10H2,1H3,(H2,18,20). The zero-order chi connectivity index (χ0) is 15.0. The fourth-order valence-electron chi connectivity index (χ4n) is 2.57. The zero-order valence-corrected chi connectivity index (χ0v) is 11.7. The average molecular weight is 280 g/mol. The minimum atomic E-state index is -0.354. The van der Waals surface area contributed by atoms with E-state index in [2.05, 4.69) is 0 Å². The Bertz CT molecular complexity index is 707. The topological polar surface area (TPSA) is 63.4 Å². The number of primary amides is 1. The Kier molecular flexibility index (Phi) is 3.22. The van der Waals surface area contributed by atoms with Crippen LogP contribution in [0.15, 0.2) is 48.5 Å². The summed E-state index contributed by atoms with van der Waals surface area (Å²) < 4.78 is 0. The predicted octanol–water partition coefficient (Wildman–Crippen LogP) is 2.44. The molecule has 1 aliphatic rings. The van der Waals surface area contributed by atoms with Gasteiger partial charge in [-0.05, 0) is 36.2 Å². The van der Waals surface area contributed by atoms with E-state index >= 15 is 0 Å². The highest BCUT2D eigenvalue weighted by molar-refractivity contribution is 6.09. The van der Waals surface area contributed by atoms with Crippen molar-refractivity contribution in [2.24, 2.45) is 5.73 Å². The smallest absolute Gasteiger partial charge is 0.258 e. The van der Waals surface area contributed by atoms with E-state index in [1.807, 2.05) is 48.5 Å². The molecule has 4 heteroatoms. The summed E-state index contributed by atoms with van der Waals surface area (Å²) in [5.41, 5.74) is 8.79. The highest BCUT2D eigenvalue weighted by atomic mass is 16.2. The Morgan fingerprint density at radius 1 is 1.14 bits per heavy atom. The van der Waals surface area contributed by atoms with E-state index in [4.69, 9.17) is 5.73 Å². The van der Waals surface area contributed by atoms with E-state index < -0.39 is 0 Å². The highest BCUT2D eigenvalue weighted by Crippen LogP contribution is 2.29. The van der Waals surface area contributed by atoms with Crippen molar-refractivity contribution in [2.75, 3.05) is 4.90 Å². The molecule has 0 fully saturated rings. The van der Waals surface area contributed by atoms with Crippen molar-refractivity contribution in [1.29, 1.82) is 0 Å². The summed E-state index contributed by atoms with van der Waals surface area (Å²) >= 11 is 0. The number of amides is 2. The molecule has 1 heterocycles. The van der Waals surface area contributed by atoms with Gasteiger partial charge in [-0.2, -0.15) is 0 Å². The lowest BCUT2D eigenvalue weighted by Crippen LogP contribution is -2.23. The second-order valence-electron chi connectivity index (χ2n) is 5.26. The van der Waals surface area contributed by atoms with Crippen LogP contribution in [0.4, 0.5) is 5.69 Å². The molecule has 0 radical (unpaired) electrons. The lowest BCUT2D eigenvalue weighted by atomic mass is 10.0. The van der Waals surface area contributed by atoms with Crippen LogP contribution in [0.5, 0.6) is 0 Å². The molecule has 0 saturated carbocycles. The molecule has 1 aliphatic heterocycles. The van der Waals surface area contributed by atoms with Gasteiger partial charge in [-0.25, -0.2) is 0 Å². The molecule has 0 bridgehead atoms. The van der Waals surface area contributed by atoms with Crippen molar-refractivity contribution in [2.45, 2.75) is 19.4 Å². The van der Waals surface area contributed by atoms with E-state index in [1.54, 1.807) is 11.8 Å². The van der Waals surface area contributed by atoms with Crippen LogP contribution >= 0.6 is 0 Å². The first-order valence-corrected chi connectivity index (χ1v) is 6.87. The van der Waals surface area contributed by atoms with Gasteiger partial charge in [0.15, 0.2) is 0 Å². The number of hydrogen-bond donors (Lipinski definition) is 1. The number of benzene rings is 2. The summed E-state index contributed by atoms with van der Waals surface area (Å²) in [6, 6.07) is 15.0. The van der Waals surface area contributed by atoms with Crippen LogP contribution in [0.3, 0.4) is 0 Å². The molecule has 21 heavy (non-hydrogen) atoms. The minimum Gasteiger partial charge on any atom is -0.369 e. The summed E-state index contributed by atoms with van der Waals surface area (Å²) in [6.07, 6.45) is 0. The first-order chi connectivity index (χ1) is 10.1. The van der Waals surface area contributed by atoms with Gasteiger partial charge in [0.2, 0.25) is 5.91 Å². The van der Waals surface area contributed by atoms with Crippen molar-refractivity contribution in [1.82, 2.24) is 0 Å². The van der Waals surface area contributed by atoms with Gasteiger partial charge in [0.1, 0.15) is 0 Å². The number of rotatable bonds is 3. The van der Waals surface area contributed by atoms with Crippen LogP contribution in [-0.2, 0) is 11.3 Å². The monoisotopic (exact) mass is 280 g/mol. The van der Waals surface area contributed by atoms with Gasteiger partial charge in [-0.15, -0.1) is 0 Å². The van der Waals surface area contributed by atoms with E-state index in [-0.39, 0.29) is 17.7 Å². The molecule has 2 aromatic carbocycles. The van der Waals surface area contributed by atoms with E-state index in [0.717, 1.165) is 22.4 Å². The van der Waals surface area contributed by atoms with Gasteiger partial charge in [-0.1, -0.05) is 30.3 Å². The Labute approximate surface area is 123 Å². The fourth-order valence-corrected chi connectivity index (χ4v) is 2.57. The Morgan fingerprint density at radius 3 is 2.43 bits per heavy atom. The van der Waals surface area contributed by atoms with Crippen molar-refractivity contribution in [3.05, 3.63) is 65.2 Å². The molecule has 0 aromatic heterocycles. The number of nitrogens with zero attached hydrogens (tertiary/aromatic N) is 1. The largest absolute Gasteiger partial charge is 0.369 e. The molecule has 2 N–H and O–H groups in total. The molecule has 3 rings (SSSR count). The van der Waals surface area contributed by atoms with Crippen molar-refractivity contribution < 1.29 is 9.59 Å². The molecule has 4 nitrogen and oxygen atoms in total. The van der Waals surface area contributed by atoms with Crippen LogP contribution in [0.25, 0.3) is 0 Å². The van der Waals surface area contributed by atoms with Crippen LogP contribution in [-0.4, -0.2) is 11.8 Å². The lowest BCUT2D eigenvalue weighted by Gasteiger charge is -2.17. The number of anilines is 1. The summed E-state index contributed by atoms with van der Waals surface area (Å²) in [4.78, 5) is 25.3. The number of nitrogens with two attached hydrogens (primary N) is 1. The third-order valence-corrected chi connectivity index (χ3v) is 3.95. The van der Waals surface area contributed by atoms with Gasteiger partial charge in [0.25, 0.3) is 5.91 Å². The average Bonchev–Trinajstić information content (AvgIpc) is 2.84. The maximum absolute atomic E-state index is 12.4. The molecular weight excluding hydrogens is 264 g/mol. The molecule has 1 atom stereocenters. The third-order valence-electron chi connectivity index (χ3n) is 3.95. The van der Waals surface area contributed by atoms with Gasteiger partial charge >= 0.3 is 0 Å². The lowest BCUT2D eigenvalue weighted by molar-refractivity contribution is -0.119. The molecular formula is C17H16N2O2. The number of fused-ring (bicyclic) bond motifs is 1. The second kappa shape index (κ2) is 5.05. The summed E-state index contributed by atoms with van der Waals surface area (Å²) in [5.74, 6) is -0.667. The molecule has 0 spiro atoms.